The number of carbonyl (C=O) groups excluding carboxylic acids is 2. The maximum absolute atomic E-state index is 12.8. The second-order valence-corrected chi connectivity index (χ2v) is 8.63. The average Bonchev–Trinajstić information content (AvgIpc) is 3.29. The minimum atomic E-state index is -0.163. The molecular weight excluding hydrogens is 420 g/mol. The molecule has 0 saturated carbocycles. The fraction of sp³-hybridized carbons (Fsp3) is 0.227. The Bertz CT molecular complexity index is 1080. The number of nitrogens with one attached hydrogen (secondary N) is 1. The first-order chi connectivity index (χ1) is 14.4. The van der Waals surface area contributed by atoms with Crippen molar-refractivity contribution in [2.24, 2.45) is 0 Å². The number of rotatable bonds is 5. The highest BCUT2D eigenvalue weighted by Gasteiger charge is 2.31. The summed E-state index contributed by atoms with van der Waals surface area (Å²) in [4.78, 5) is 27.3. The first-order valence-electron chi connectivity index (χ1n) is 9.43. The number of aryl methyl sites for hydroxylation is 1. The molecule has 6 nitrogen and oxygen atoms in total. The number of hydrogen-bond donors (Lipinski definition) is 1. The molecule has 1 fully saturated rings. The third kappa shape index (κ3) is 4.06. The first kappa shape index (κ1) is 20.4. The Morgan fingerprint density at radius 1 is 1.23 bits per heavy atom. The average molecular weight is 441 g/mol. The minimum absolute atomic E-state index is 0.155. The monoisotopic (exact) mass is 440 g/mol. The van der Waals surface area contributed by atoms with Crippen LogP contribution in [0.1, 0.15) is 27.0 Å². The van der Waals surface area contributed by atoms with Crippen LogP contribution in [-0.4, -0.2) is 40.9 Å². The summed E-state index contributed by atoms with van der Waals surface area (Å²) in [6, 6.07) is 11.1. The van der Waals surface area contributed by atoms with Crippen molar-refractivity contribution in [3.8, 4) is 11.5 Å². The van der Waals surface area contributed by atoms with Gasteiger partial charge in [0, 0.05) is 18.7 Å². The molecule has 2 heterocycles. The molecule has 0 aromatic heterocycles. The highest BCUT2D eigenvalue weighted by Crippen LogP contribution is 2.36. The molecule has 2 aromatic carbocycles. The van der Waals surface area contributed by atoms with E-state index in [1.54, 1.807) is 12.1 Å². The number of thiocarbonyl (C=S) groups is 1. The van der Waals surface area contributed by atoms with Crippen LogP contribution in [0.3, 0.4) is 0 Å². The Hall–Kier alpha value is -2.84. The number of carbonyl (C=O) groups is 2. The predicted octanol–water partition coefficient (Wildman–Crippen LogP) is 3.66. The smallest absolute Gasteiger partial charge is 0.266 e. The standard InChI is InChI=1S/C22H20N2O4S2/c1-13-4-3-5-16(14(13)2)20(25)23-8-9-24-21(26)19(30-22(24)29)11-15-6-7-17-18(10-15)28-12-27-17/h3-7,10-11H,8-9,12H2,1-2H3,(H,23,25). The van der Waals surface area contributed by atoms with E-state index in [4.69, 9.17) is 21.7 Å². The van der Waals surface area contributed by atoms with Crippen LogP contribution in [-0.2, 0) is 4.79 Å². The molecule has 30 heavy (non-hydrogen) atoms. The highest BCUT2D eigenvalue weighted by molar-refractivity contribution is 8.26. The molecule has 2 aliphatic rings. The molecule has 2 amide bonds. The second kappa shape index (κ2) is 8.49. The Morgan fingerprint density at radius 3 is 2.87 bits per heavy atom. The quantitative estimate of drug-likeness (QED) is 0.565. The molecule has 0 atom stereocenters. The van der Waals surface area contributed by atoms with E-state index in [2.05, 4.69) is 5.32 Å². The lowest BCUT2D eigenvalue weighted by Gasteiger charge is -2.15. The van der Waals surface area contributed by atoms with E-state index >= 15 is 0 Å². The number of nitrogens with zero attached hydrogens (tertiary/aromatic N) is 1. The molecule has 4 rings (SSSR count). The van der Waals surface area contributed by atoms with Gasteiger partial charge < -0.3 is 14.8 Å². The van der Waals surface area contributed by atoms with Gasteiger partial charge >= 0.3 is 0 Å². The third-order valence-electron chi connectivity index (χ3n) is 5.04. The maximum Gasteiger partial charge on any atom is 0.266 e. The summed E-state index contributed by atoms with van der Waals surface area (Å²) in [7, 11) is 0. The van der Waals surface area contributed by atoms with Crippen LogP contribution in [0.25, 0.3) is 6.08 Å². The largest absolute Gasteiger partial charge is 0.454 e. The number of ether oxygens (including phenoxy) is 2. The SMILES string of the molecule is Cc1cccc(C(=O)NCCN2C(=O)C(=Cc3ccc4c(c3)OCO4)SC2=S)c1C. The van der Waals surface area contributed by atoms with E-state index in [0.29, 0.717) is 39.4 Å². The van der Waals surface area contributed by atoms with Gasteiger partial charge in [-0.1, -0.05) is 42.2 Å². The molecule has 1 saturated heterocycles. The van der Waals surface area contributed by atoms with E-state index in [1.807, 2.05) is 44.2 Å². The van der Waals surface area contributed by atoms with Crippen LogP contribution < -0.4 is 14.8 Å². The van der Waals surface area contributed by atoms with E-state index < -0.39 is 0 Å². The van der Waals surface area contributed by atoms with Crippen LogP contribution in [0, 0.1) is 13.8 Å². The van der Waals surface area contributed by atoms with Crippen molar-refractivity contribution in [2.75, 3.05) is 19.9 Å². The topological polar surface area (TPSA) is 67.9 Å². The normalized spacial score (nSPS) is 16.5. The zero-order chi connectivity index (χ0) is 21.3. The van der Waals surface area contributed by atoms with Crippen molar-refractivity contribution in [1.29, 1.82) is 0 Å². The van der Waals surface area contributed by atoms with Crippen LogP contribution in [0.15, 0.2) is 41.3 Å². The fourth-order valence-corrected chi connectivity index (χ4v) is 4.53. The second-order valence-electron chi connectivity index (χ2n) is 6.95. The van der Waals surface area contributed by atoms with Crippen LogP contribution in [0.5, 0.6) is 11.5 Å². The van der Waals surface area contributed by atoms with Gasteiger partial charge in [0.1, 0.15) is 4.32 Å². The molecule has 1 N–H and O–H groups in total. The lowest BCUT2D eigenvalue weighted by Crippen LogP contribution is -2.37. The van der Waals surface area contributed by atoms with Crippen molar-refractivity contribution in [3.63, 3.8) is 0 Å². The van der Waals surface area contributed by atoms with Gasteiger partial charge in [0.05, 0.1) is 4.91 Å². The van der Waals surface area contributed by atoms with E-state index in [1.165, 1.54) is 16.7 Å². The van der Waals surface area contributed by atoms with Crippen molar-refractivity contribution in [3.05, 3.63) is 63.6 Å². The third-order valence-corrected chi connectivity index (χ3v) is 6.42. The molecule has 2 aliphatic heterocycles. The Labute approximate surface area is 184 Å². The van der Waals surface area contributed by atoms with Crippen molar-refractivity contribution < 1.29 is 19.1 Å². The minimum Gasteiger partial charge on any atom is -0.454 e. The lowest BCUT2D eigenvalue weighted by atomic mass is 10.0. The summed E-state index contributed by atoms with van der Waals surface area (Å²) >= 11 is 6.62. The van der Waals surface area contributed by atoms with Gasteiger partial charge in [0.15, 0.2) is 11.5 Å². The van der Waals surface area contributed by atoms with Gasteiger partial charge in [-0.3, -0.25) is 14.5 Å². The number of fused-ring (bicyclic) bond motifs is 1. The predicted molar refractivity (Wildman–Crippen MR) is 121 cm³/mol. The molecule has 154 valence electrons. The molecule has 0 bridgehead atoms. The number of amides is 2. The fourth-order valence-electron chi connectivity index (χ4n) is 3.22. The Balaban J connectivity index is 1.38. The van der Waals surface area contributed by atoms with Gasteiger partial charge in [0.25, 0.3) is 11.8 Å². The Kier molecular flexibility index (Phi) is 5.78. The van der Waals surface area contributed by atoms with Crippen molar-refractivity contribution in [1.82, 2.24) is 10.2 Å². The lowest BCUT2D eigenvalue weighted by molar-refractivity contribution is -0.122. The maximum atomic E-state index is 12.8. The van der Waals surface area contributed by atoms with Gasteiger partial charge in [-0.05, 0) is 54.8 Å². The van der Waals surface area contributed by atoms with E-state index in [-0.39, 0.29) is 18.6 Å². The summed E-state index contributed by atoms with van der Waals surface area (Å²) < 4.78 is 11.2. The van der Waals surface area contributed by atoms with Gasteiger partial charge in [-0.15, -0.1) is 0 Å². The zero-order valence-corrected chi connectivity index (χ0v) is 18.2. The molecule has 0 unspecified atom stereocenters. The van der Waals surface area contributed by atoms with Crippen LogP contribution in [0.2, 0.25) is 0 Å². The summed E-state index contributed by atoms with van der Waals surface area (Å²) in [5.74, 6) is 1.04. The highest BCUT2D eigenvalue weighted by atomic mass is 32.2. The molecule has 2 aromatic rings. The van der Waals surface area contributed by atoms with Crippen molar-refractivity contribution in [2.45, 2.75) is 13.8 Å². The molecule has 0 aliphatic carbocycles. The molecule has 0 radical (unpaired) electrons. The van der Waals surface area contributed by atoms with Gasteiger partial charge in [0.2, 0.25) is 6.79 Å². The summed E-state index contributed by atoms with van der Waals surface area (Å²) in [5, 5.41) is 2.88. The van der Waals surface area contributed by atoms with Crippen LogP contribution in [0.4, 0.5) is 0 Å². The Morgan fingerprint density at radius 2 is 2.03 bits per heavy atom. The number of thioether (sulfide) groups is 1. The number of hydrogen-bond acceptors (Lipinski definition) is 6. The molecule has 0 spiro atoms. The number of benzene rings is 2. The molecule has 8 heteroatoms. The van der Waals surface area contributed by atoms with Gasteiger partial charge in [-0.25, -0.2) is 0 Å². The van der Waals surface area contributed by atoms with Crippen LogP contribution >= 0.6 is 24.0 Å². The summed E-state index contributed by atoms with van der Waals surface area (Å²) in [6.45, 7) is 4.73. The van der Waals surface area contributed by atoms with Gasteiger partial charge in [-0.2, -0.15) is 0 Å². The van der Waals surface area contributed by atoms with E-state index in [9.17, 15) is 9.59 Å². The zero-order valence-electron chi connectivity index (χ0n) is 16.6. The van der Waals surface area contributed by atoms with Crippen molar-refractivity contribution >= 4 is 46.2 Å². The van der Waals surface area contributed by atoms with E-state index in [0.717, 1.165) is 16.7 Å². The molecular formula is C22H20N2O4S2. The first-order valence-corrected chi connectivity index (χ1v) is 10.7. The summed E-state index contributed by atoms with van der Waals surface area (Å²) in [6.07, 6.45) is 1.79. The summed E-state index contributed by atoms with van der Waals surface area (Å²) in [5.41, 5.74) is 3.49.